The second kappa shape index (κ2) is 5.06. The molecule has 124 valence electrons. The smallest absolute Gasteiger partial charge is 0.259 e. The van der Waals surface area contributed by atoms with Gasteiger partial charge < -0.3 is 4.57 Å². The summed E-state index contributed by atoms with van der Waals surface area (Å²) in [7, 11) is 0. The second-order valence-electron chi connectivity index (χ2n) is 6.51. The van der Waals surface area contributed by atoms with Crippen LogP contribution in [0, 0.1) is 11.7 Å². The Morgan fingerprint density at radius 2 is 2.12 bits per heavy atom. The highest BCUT2D eigenvalue weighted by molar-refractivity contribution is 6.00. The van der Waals surface area contributed by atoms with Crippen molar-refractivity contribution in [2.45, 2.75) is 31.6 Å². The number of nitrogens with zero attached hydrogens (tertiary/aromatic N) is 2. The van der Waals surface area contributed by atoms with Gasteiger partial charge in [-0.15, -0.1) is 0 Å². The lowest BCUT2D eigenvalue weighted by atomic mass is 9.86. The molecule has 1 aromatic heterocycles. The molecule has 2 aliphatic rings. The average molecular weight is 332 g/mol. The summed E-state index contributed by atoms with van der Waals surface area (Å²) in [5, 5.41) is 0. The largest absolute Gasteiger partial charge is 0.300 e. The molecule has 1 saturated carbocycles. The van der Waals surface area contributed by atoms with Gasteiger partial charge in [0.2, 0.25) is 0 Å². The van der Waals surface area contributed by atoms with E-state index in [1.54, 1.807) is 25.3 Å². The van der Waals surface area contributed by atoms with Crippen LogP contribution in [0.3, 0.4) is 0 Å². The van der Waals surface area contributed by atoms with Crippen LogP contribution in [0.15, 0.2) is 36.0 Å². The quantitative estimate of drug-likeness (QED) is 0.849. The molecule has 0 N–H and O–H groups in total. The summed E-state index contributed by atoms with van der Waals surface area (Å²) in [5.74, 6) is -4.34. The summed E-state index contributed by atoms with van der Waals surface area (Å²) < 4.78 is 41.5. The zero-order valence-corrected chi connectivity index (χ0v) is 13.0. The molecule has 1 aromatic carbocycles. The third-order valence-electron chi connectivity index (χ3n) is 4.74. The number of carbonyl (C=O) groups is 1. The van der Waals surface area contributed by atoms with Crippen LogP contribution in [-0.4, -0.2) is 21.3 Å². The minimum absolute atomic E-state index is 0.165. The molecule has 1 aliphatic carbocycles. The monoisotopic (exact) mass is 332 g/mol. The molecule has 1 fully saturated rings. The second-order valence-corrected chi connectivity index (χ2v) is 6.51. The highest BCUT2D eigenvalue weighted by Gasteiger charge is 2.60. The number of aromatic nitrogens is 2. The van der Waals surface area contributed by atoms with Crippen LogP contribution >= 0.6 is 0 Å². The van der Waals surface area contributed by atoms with Gasteiger partial charge in [0.1, 0.15) is 17.3 Å². The van der Waals surface area contributed by atoms with E-state index in [0.717, 1.165) is 11.1 Å². The minimum Gasteiger partial charge on any atom is -0.300 e. The van der Waals surface area contributed by atoms with E-state index in [1.165, 1.54) is 22.9 Å². The zero-order chi connectivity index (χ0) is 17.1. The van der Waals surface area contributed by atoms with Crippen molar-refractivity contribution < 1.29 is 18.0 Å². The van der Waals surface area contributed by atoms with Gasteiger partial charge in [-0.25, -0.2) is 18.2 Å². The maximum atomic E-state index is 13.3. The summed E-state index contributed by atoms with van der Waals surface area (Å²) in [4.78, 5) is 16.8. The fraction of sp³-hybridized carbons (Fsp3) is 0.333. The Hall–Kier alpha value is -2.37. The molecule has 2 unspecified atom stereocenters. The van der Waals surface area contributed by atoms with Crippen molar-refractivity contribution in [2.75, 3.05) is 0 Å². The van der Waals surface area contributed by atoms with E-state index in [9.17, 15) is 18.0 Å². The number of halogens is 3. The first-order valence-corrected chi connectivity index (χ1v) is 7.79. The molecule has 1 aliphatic heterocycles. The van der Waals surface area contributed by atoms with Crippen molar-refractivity contribution in [2.24, 2.45) is 5.92 Å². The van der Waals surface area contributed by atoms with Crippen molar-refractivity contribution >= 4 is 12.0 Å². The number of allylic oxidation sites excluding steroid dienone is 1. The Balaban J connectivity index is 1.66. The van der Waals surface area contributed by atoms with E-state index in [1.807, 2.05) is 0 Å². The van der Waals surface area contributed by atoms with Crippen LogP contribution < -0.4 is 0 Å². The molecule has 4 rings (SSSR count). The highest BCUT2D eigenvalue weighted by atomic mass is 19.3. The fourth-order valence-electron chi connectivity index (χ4n) is 3.28. The number of hydrogen-bond acceptors (Lipinski definition) is 2. The van der Waals surface area contributed by atoms with Crippen LogP contribution in [0.4, 0.5) is 13.2 Å². The van der Waals surface area contributed by atoms with Gasteiger partial charge >= 0.3 is 0 Å². The maximum absolute atomic E-state index is 13.3. The van der Waals surface area contributed by atoms with Crippen LogP contribution in [0.25, 0.3) is 6.20 Å². The van der Waals surface area contributed by atoms with Crippen LogP contribution in [0.5, 0.6) is 0 Å². The van der Waals surface area contributed by atoms with Crippen molar-refractivity contribution in [1.29, 1.82) is 0 Å². The van der Waals surface area contributed by atoms with Gasteiger partial charge in [-0.3, -0.25) is 4.79 Å². The van der Waals surface area contributed by atoms with E-state index >= 15 is 0 Å². The van der Waals surface area contributed by atoms with Crippen LogP contribution in [0.2, 0.25) is 0 Å². The molecule has 3 nitrogen and oxygen atoms in total. The number of hydrogen-bond donors (Lipinski definition) is 0. The van der Waals surface area contributed by atoms with E-state index < -0.39 is 17.8 Å². The van der Waals surface area contributed by atoms with E-state index in [-0.39, 0.29) is 23.8 Å². The van der Waals surface area contributed by atoms with E-state index in [0.29, 0.717) is 12.1 Å². The lowest BCUT2D eigenvalue weighted by Crippen LogP contribution is -2.25. The van der Waals surface area contributed by atoms with Crippen molar-refractivity contribution in [1.82, 2.24) is 9.55 Å². The molecule has 24 heavy (non-hydrogen) atoms. The first-order valence-electron chi connectivity index (χ1n) is 7.79. The molecule has 2 aromatic rings. The topological polar surface area (TPSA) is 34.9 Å². The lowest BCUT2D eigenvalue weighted by Gasteiger charge is -2.23. The summed E-state index contributed by atoms with van der Waals surface area (Å²) in [6.45, 7) is 1.79. The predicted octanol–water partition coefficient (Wildman–Crippen LogP) is 4.06. The summed E-state index contributed by atoms with van der Waals surface area (Å²) in [6.07, 6.45) is 3.22. The van der Waals surface area contributed by atoms with Crippen molar-refractivity contribution in [3.63, 3.8) is 0 Å². The molecule has 0 spiro atoms. The van der Waals surface area contributed by atoms with Gasteiger partial charge in [0.15, 0.2) is 5.78 Å². The van der Waals surface area contributed by atoms with E-state index in [2.05, 4.69) is 4.98 Å². The number of fused-ring (bicyclic) bond motifs is 1. The van der Waals surface area contributed by atoms with Gasteiger partial charge in [-0.05, 0) is 36.6 Å². The summed E-state index contributed by atoms with van der Waals surface area (Å²) >= 11 is 0. The lowest BCUT2D eigenvalue weighted by molar-refractivity contribution is 0.0926. The fourth-order valence-corrected chi connectivity index (χ4v) is 3.28. The number of Topliss-reactive ketones (excluding diaryl/α,β-unsaturated/α-hetero) is 1. The Morgan fingerprint density at radius 3 is 2.79 bits per heavy atom. The Bertz CT molecular complexity index is 869. The molecule has 6 heteroatoms. The predicted molar refractivity (Wildman–Crippen MR) is 82.4 cm³/mol. The number of imidazole rings is 1. The average Bonchev–Trinajstić information content (AvgIpc) is 2.95. The molecular weight excluding hydrogens is 317 g/mol. The molecule has 0 saturated heterocycles. The third-order valence-corrected chi connectivity index (χ3v) is 4.74. The molecule has 2 atom stereocenters. The highest BCUT2D eigenvalue weighted by Crippen LogP contribution is 2.55. The number of carbonyl (C=O) groups excluding carboxylic acids is 1. The molecule has 2 heterocycles. The summed E-state index contributed by atoms with van der Waals surface area (Å²) in [6, 6.07) is 6.13. The normalized spacial score (nSPS) is 24.5. The minimum atomic E-state index is -2.73. The number of benzene rings is 1. The van der Waals surface area contributed by atoms with Crippen molar-refractivity contribution in [3.8, 4) is 0 Å². The van der Waals surface area contributed by atoms with Gasteiger partial charge in [-0.1, -0.05) is 12.1 Å². The van der Waals surface area contributed by atoms with E-state index in [4.69, 9.17) is 0 Å². The SMILES string of the molecule is CC1=Cn2c(cnc2C2CC2(F)F)C(=O)C1Cc1cccc(F)c1. The van der Waals surface area contributed by atoms with Gasteiger partial charge in [0.25, 0.3) is 5.92 Å². The maximum Gasteiger partial charge on any atom is 0.259 e. The molecule has 0 amide bonds. The van der Waals surface area contributed by atoms with Crippen molar-refractivity contribution in [3.05, 3.63) is 58.9 Å². The number of alkyl halides is 2. The van der Waals surface area contributed by atoms with Gasteiger partial charge in [0.05, 0.1) is 18.0 Å². The molecular formula is C18H15F3N2O. The van der Waals surface area contributed by atoms with Crippen LogP contribution in [0.1, 0.15) is 41.1 Å². The zero-order valence-electron chi connectivity index (χ0n) is 13.0. The number of rotatable bonds is 3. The third kappa shape index (κ3) is 2.37. The summed E-state index contributed by atoms with van der Waals surface area (Å²) in [5.41, 5.74) is 1.81. The Labute approximate surface area is 136 Å². The van der Waals surface area contributed by atoms with Gasteiger partial charge in [-0.2, -0.15) is 0 Å². The molecule has 0 bridgehead atoms. The standard InChI is InChI=1S/C18H15F3N2O/c1-10-9-23-15(8-22-17(23)14-7-18(14,20)21)16(24)13(10)6-11-3-2-4-12(19)5-11/h2-5,8-9,13-14H,6-7H2,1H3. The Morgan fingerprint density at radius 1 is 1.38 bits per heavy atom. The Kier molecular flexibility index (Phi) is 3.20. The number of ketones is 1. The first kappa shape index (κ1) is 15.2. The van der Waals surface area contributed by atoms with Crippen LogP contribution in [-0.2, 0) is 6.42 Å². The first-order chi connectivity index (χ1) is 11.4. The van der Waals surface area contributed by atoms with Gasteiger partial charge in [0, 0.05) is 12.6 Å². The molecule has 0 radical (unpaired) electrons.